The molecule has 0 bridgehead atoms. The number of fused-ring (bicyclic) bond motifs is 1. The van der Waals surface area contributed by atoms with Gasteiger partial charge in [-0.15, -0.1) is 24.5 Å². The van der Waals surface area contributed by atoms with Crippen LogP contribution in [0.15, 0.2) is 18.2 Å². The van der Waals surface area contributed by atoms with Gasteiger partial charge in [0, 0.05) is 5.92 Å². The normalized spacial score (nSPS) is 12.4. The van der Waals surface area contributed by atoms with Crippen molar-refractivity contribution in [3.05, 3.63) is 23.2 Å². The molecule has 0 aliphatic rings. The van der Waals surface area contributed by atoms with E-state index >= 15 is 0 Å². The molecule has 1 heterocycles. The Bertz CT molecular complexity index is 533. The first kappa shape index (κ1) is 12.2. The molecule has 0 spiro atoms. The molecule has 2 aromatic rings. The van der Waals surface area contributed by atoms with Crippen LogP contribution < -0.4 is 4.74 Å². The van der Waals surface area contributed by atoms with Crippen LogP contribution >= 0.6 is 11.3 Å². The van der Waals surface area contributed by atoms with Gasteiger partial charge in [-0.05, 0) is 18.2 Å². The lowest BCUT2D eigenvalue weighted by Gasteiger charge is -2.07. The van der Waals surface area contributed by atoms with E-state index < -0.39 is 6.36 Å². The highest BCUT2D eigenvalue weighted by atomic mass is 32.1. The Morgan fingerprint density at radius 1 is 1.29 bits per heavy atom. The molecule has 2 nitrogen and oxygen atoms in total. The van der Waals surface area contributed by atoms with Crippen molar-refractivity contribution in [2.24, 2.45) is 0 Å². The van der Waals surface area contributed by atoms with Crippen LogP contribution in [0, 0.1) is 0 Å². The minimum absolute atomic E-state index is 0.205. The highest BCUT2D eigenvalue weighted by molar-refractivity contribution is 7.18. The van der Waals surface area contributed by atoms with Gasteiger partial charge < -0.3 is 4.74 Å². The van der Waals surface area contributed by atoms with Gasteiger partial charge in [0.1, 0.15) is 5.75 Å². The number of nitrogens with zero attached hydrogens (tertiary/aromatic N) is 1. The molecule has 0 unspecified atom stereocenters. The number of benzene rings is 1. The summed E-state index contributed by atoms with van der Waals surface area (Å²) in [5.41, 5.74) is 0.702. The summed E-state index contributed by atoms with van der Waals surface area (Å²) < 4.78 is 40.7. The molecule has 0 atom stereocenters. The van der Waals surface area contributed by atoms with Crippen LogP contribution in [0.25, 0.3) is 10.2 Å². The number of alkyl halides is 3. The van der Waals surface area contributed by atoms with Crippen molar-refractivity contribution in [2.45, 2.75) is 26.1 Å². The maximum Gasteiger partial charge on any atom is 0.573 e. The van der Waals surface area contributed by atoms with Gasteiger partial charge in [-0.3, -0.25) is 0 Å². The average Bonchev–Trinajstić information content (AvgIpc) is 2.57. The van der Waals surface area contributed by atoms with Crippen LogP contribution in [-0.2, 0) is 0 Å². The minimum atomic E-state index is -4.65. The van der Waals surface area contributed by atoms with E-state index in [1.54, 1.807) is 6.07 Å². The molecule has 0 N–H and O–H groups in total. The Hall–Kier alpha value is -1.30. The van der Waals surface area contributed by atoms with Crippen molar-refractivity contribution < 1.29 is 17.9 Å². The third kappa shape index (κ3) is 2.88. The quantitative estimate of drug-likeness (QED) is 0.803. The molecule has 0 aliphatic heterocycles. The van der Waals surface area contributed by atoms with E-state index in [2.05, 4.69) is 9.72 Å². The van der Waals surface area contributed by atoms with Crippen molar-refractivity contribution in [2.75, 3.05) is 0 Å². The molecular formula is C11H10F3NOS. The van der Waals surface area contributed by atoms with Crippen LogP contribution in [0.1, 0.15) is 24.8 Å². The Morgan fingerprint density at radius 2 is 2.00 bits per heavy atom. The van der Waals surface area contributed by atoms with Gasteiger partial charge in [-0.25, -0.2) is 4.98 Å². The zero-order valence-corrected chi connectivity index (χ0v) is 10.0. The second kappa shape index (κ2) is 4.18. The molecule has 2 rings (SSSR count). The highest BCUT2D eigenvalue weighted by Gasteiger charge is 2.31. The van der Waals surface area contributed by atoms with Gasteiger partial charge in [0.2, 0.25) is 0 Å². The van der Waals surface area contributed by atoms with Crippen LogP contribution in [0.3, 0.4) is 0 Å². The number of aromatic nitrogens is 1. The summed E-state index contributed by atoms with van der Waals surface area (Å²) in [5.74, 6) is 0.0586. The molecule has 0 aliphatic carbocycles. The van der Waals surface area contributed by atoms with E-state index in [1.165, 1.54) is 23.5 Å². The average molecular weight is 261 g/mol. The molecule has 6 heteroatoms. The Morgan fingerprint density at radius 3 is 2.59 bits per heavy atom. The largest absolute Gasteiger partial charge is 0.573 e. The predicted octanol–water partition coefficient (Wildman–Crippen LogP) is 4.32. The van der Waals surface area contributed by atoms with Gasteiger partial charge in [0.25, 0.3) is 0 Å². The molecule has 92 valence electrons. The van der Waals surface area contributed by atoms with Gasteiger partial charge in [0.15, 0.2) is 0 Å². The zero-order valence-electron chi connectivity index (χ0n) is 9.21. The van der Waals surface area contributed by atoms with E-state index in [0.717, 1.165) is 5.01 Å². The second-order valence-corrected chi connectivity index (χ2v) is 4.95. The summed E-state index contributed by atoms with van der Waals surface area (Å²) in [6, 6.07) is 4.19. The maximum absolute atomic E-state index is 12.0. The maximum atomic E-state index is 12.0. The standard InChI is InChI=1S/C11H10F3NOS/c1-6(2)10-15-8-4-3-7(5-9(8)17-10)16-11(12,13)14/h3-6H,1-2H3. The highest BCUT2D eigenvalue weighted by Crippen LogP contribution is 2.31. The summed E-state index contributed by atoms with van der Waals surface area (Å²) in [5, 5.41) is 0.907. The Labute approximate surface area is 100 Å². The summed E-state index contributed by atoms with van der Waals surface area (Å²) in [4.78, 5) is 4.33. The first-order valence-electron chi connectivity index (χ1n) is 5.01. The third-order valence-electron chi connectivity index (χ3n) is 2.10. The van der Waals surface area contributed by atoms with Gasteiger partial charge >= 0.3 is 6.36 Å². The molecule has 1 aromatic carbocycles. The summed E-state index contributed by atoms with van der Waals surface area (Å²) >= 11 is 1.39. The number of hydrogen-bond donors (Lipinski definition) is 0. The second-order valence-electron chi connectivity index (χ2n) is 3.88. The molecule has 0 radical (unpaired) electrons. The van der Waals surface area contributed by atoms with Crippen molar-refractivity contribution in [1.82, 2.24) is 4.98 Å². The minimum Gasteiger partial charge on any atom is -0.406 e. The molecule has 0 saturated heterocycles. The predicted molar refractivity (Wildman–Crippen MR) is 60.4 cm³/mol. The molecule has 17 heavy (non-hydrogen) atoms. The number of rotatable bonds is 2. The molecule has 0 fully saturated rings. The SMILES string of the molecule is CC(C)c1nc2ccc(OC(F)(F)F)cc2s1. The Balaban J connectivity index is 2.37. The van der Waals surface area contributed by atoms with Crippen LogP contribution in [0.5, 0.6) is 5.75 Å². The van der Waals surface area contributed by atoms with Crippen molar-refractivity contribution in [3.8, 4) is 5.75 Å². The van der Waals surface area contributed by atoms with Gasteiger partial charge in [-0.2, -0.15) is 0 Å². The number of ether oxygens (including phenoxy) is 1. The first-order valence-corrected chi connectivity index (χ1v) is 5.83. The van der Waals surface area contributed by atoms with Gasteiger partial charge in [-0.1, -0.05) is 13.8 Å². The lowest BCUT2D eigenvalue weighted by Crippen LogP contribution is -2.16. The van der Waals surface area contributed by atoms with Crippen molar-refractivity contribution >= 4 is 21.6 Å². The van der Waals surface area contributed by atoms with Crippen LogP contribution in [0.2, 0.25) is 0 Å². The Kier molecular flexibility index (Phi) is 2.99. The smallest absolute Gasteiger partial charge is 0.406 e. The number of hydrogen-bond acceptors (Lipinski definition) is 3. The topological polar surface area (TPSA) is 22.1 Å². The lowest BCUT2D eigenvalue weighted by atomic mass is 10.2. The summed E-state index contributed by atoms with van der Waals surface area (Å²) in [7, 11) is 0. The fraction of sp³-hybridized carbons (Fsp3) is 0.364. The lowest BCUT2D eigenvalue weighted by molar-refractivity contribution is -0.274. The van der Waals surface area contributed by atoms with Crippen molar-refractivity contribution in [1.29, 1.82) is 0 Å². The van der Waals surface area contributed by atoms with Crippen molar-refractivity contribution in [3.63, 3.8) is 0 Å². The molecule has 0 saturated carbocycles. The first-order chi connectivity index (χ1) is 7.85. The monoisotopic (exact) mass is 261 g/mol. The van der Waals surface area contributed by atoms with Crippen LogP contribution in [-0.4, -0.2) is 11.3 Å². The van der Waals surface area contributed by atoms with Gasteiger partial charge in [0.05, 0.1) is 15.2 Å². The molecule has 1 aromatic heterocycles. The number of halogens is 3. The van der Waals surface area contributed by atoms with Crippen LogP contribution in [0.4, 0.5) is 13.2 Å². The molecular weight excluding hydrogens is 251 g/mol. The number of thiazole rings is 1. The van der Waals surface area contributed by atoms with E-state index in [9.17, 15) is 13.2 Å². The fourth-order valence-corrected chi connectivity index (χ4v) is 2.37. The van der Waals surface area contributed by atoms with E-state index in [0.29, 0.717) is 10.2 Å². The molecule has 0 amide bonds. The summed E-state index contributed by atoms with van der Waals surface area (Å²) in [6.45, 7) is 3.98. The summed E-state index contributed by atoms with van der Waals surface area (Å²) in [6.07, 6.45) is -4.65. The zero-order chi connectivity index (χ0) is 12.6. The fourth-order valence-electron chi connectivity index (χ4n) is 1.37. The van der Waals surface area contributed by atoms with E-state index in [-0.39, 0.29) is 11.7 Å². The van der Waals surface area contributed by atoms with E-state index in [4.69, 9.17) is 0 Å². The van der Waals surface area contributed by atoms with E-state index in [1.807, 2.05) is 13.8 Å². The third-order valence-corrected chi connectivity index (χ3v) is 3.42.